The van der Waals surface area contributed by atoms with Gasteiger partial charge < -0.3 is 9.32 Å². The summed E-state index contributed by atoms with van der Waals surface area (Å²) in [6, 6.07) is 3.81. The van der Waals surface area contributed by atoms with Gasteiger partial charge in [0.05, 0.1) is 12.8 Å². The van der Waals surface area contributed by atoms with Crippen molar-refractivity contribution >= 4 is 29.8 Å². The molecule has 1 aromatic heterocycles. The standard InChI is InChI=1S/C8H10N2O.HI/c1-10-5-4-9-8(10)7-3-2-6-11-7;/h2-3,6H,4-5H2,1H3;1H. The molecule has 0 fully saturated rings. The Morgan fingerprint density at radius 1 is 1.58 bits per heavy atom. The summed E-state index contributed by atoms with van der Waals surface area (Å²) in [5.74, 6) is 1.83. The lowest BCUT2D eigenvalue weighted by atomic mass is 10.4. The number of furan rings is 1. The molecule has 1 aliphatic rings. The second-order valence-electron chi connectivity index (χ2n) is 2.60. The molecule has 0 bridgehead atoms. The van der Waals surface area contributed by atoms with Gasteiger partial charge >= 0.3 is 0 Å². The van der Waals surface area contributed by atoms with Crippen LogP contribution < -0.4 is 0 Å². The van der Waals surface area contributed by atoms with Crippen molar-refractivity contribution in [2.24, 2.45) is 4.99 Å². The minimum atomic E-state index is 0. The first-order valence-corrected chi connectivity index (χ1v) is 3.67. The molecular formula is C8H11IN2O. The van der Waals surface area contributed by atoms with E-state index in [1.54, 1.807) is 6.26 Å². The van der Waals surface area contributed by atoms with E-state index in [-0.39, 0.29) is 24.0 Å². The average Bonchev–Trinajstić information content (AvgIpc) is 2.55. The van der Waals surface area contributed by atoms with Crippen molar-refractivity contribution in [1.29, 1.82) is 0 Å². The van der Waals surface area contributed by atoms with Gasteiger partial charge in [-0.25, -0.2) is 0 Å². The van der Waals surface area contributed by atoms with Crippen LogP contribution in [0.1, 0.15) is 5.76 Å². The molecule has 0 atom stereocenters. The first-order valence-electron chi connectivity index (χ1n) is 3.67. The number of rotatable bonds is 1. The fourth-order valence-electron chi connectivity index (χ4n) is 1.20. The number of aliphatic imine (C=N–C) groups is 1. The third kappa shape index (κ3) is 1.63. The topological polar surface area (TPSA) is 28.7 Å². The maximum Gasteiger partial charge on any atom is 0.168 e. The number of halogens is 1. The maximum absolute atomic E-state index is 5.22. The summed E-state index contributed by atoms with van der Waals surface area (Å²) in [6.45, 7) is 1.88. The fraction of sp³-hybridized carbons (Fsp3) is 0.375. The Morgan fingerprint density at radius 2 is 2.42 bits per heavy atom. The van der Waals surface area contributed by atoms with Crippen LogP contribution in [0, 0.1) is 0 Å². The molecule has 0 spiro atoms. The summed E-state index contributed by atoms with van der Waals surface area (Å²) >= 11 is 0. The van der Waals surface area contributed by atoms with Gasteiger partial charge in [-0.05, 0) is 12.1 Å². The smallest absolute Gasteiger partial charge is 0.168 e. The molecule has 0 amide bonds. The SMILES string of the molecule is CN1CCN=C1c1ccco1.I. The second-order valence-corrected chi connectivity index (χ2v) is 2.60. The molecule has 2 heterocycles. The first-order chi connectivity index (χ1) is 5.38. The van der Waals surface area contributed by atoms with Gasteiger partial charge in [0.1, 0.15) is 0 Å². The zero-order valence-electron chi connectivity index (χ0n) is 6.86. The van der Waals surface area contributed by atoms with Crippen LogP contribution in [0.5, 0.6) is 0 Å². The number of hydrogen-bond donors (Lipinski definition) is 0. The lowest BCUT2D eigenvalue weighted by molar-refractivity contribution is 0.512. The van der Waals surface area contributed by atoms with E-state index in [4.69, 9.17) is 4.42 Å². The van der Waals surface area contributed by atoms with Crippen molar-refractivity contribution in [3.8, 4) is 0 Å². The molecule has 0 aromatic carbocycles. The molecule has 2 rings (SSSR count). The van der Waals surface area contributed by atoms with Gasteiger partial charge in [0.2, 0.25) is 0 Å². The van der Waals surface area contributed by atoms with Crippen LogP contribution in [0.25, 0.3) is 0 Å². The molecule has 1 aromatic rings. The van der Waals surface area contributed by atoms with E-state index in [2.05, 4.69) is 9.89 Å². The van der Waals surface area contributed by atoms with Crippen molar-refractivity contribution in [3.05, 3.63) is 24.2 Å². The van der Waals surface area contributed by atoms with Gasteiger partial charge in [0, 0.05) is 13.6 Å². The van der Waals surface area contributed by atoms with E-state index in [1.807, 2.05) is 19.2 Å². The molecule has 66 valence electrons. The average molecular weight is 278 g/mol. The van der Waals surface area contributed by atoms with Crippen LogP contribution in [0.2, 0.25) is 0 Å². The Kier molecular flexibility index (Phi) is 3.13. The predicted molar refractivity (Wildman–Crippen MR) is 58.2 cm³/mol. The quantitative estimate of drug-likeness (QED) is 0.730. The van der Waals surface area contributed by atoms with E-state index in [9.17, 15) is 0 Å². The van der Waals surface area contributed by atoms with E-state index in [1.165, 1.54) is 0 Å². The van der Waals surface area contributed by atoms with Gasteiger partial charge in [0.15, 0.2) is 11.6 Å². The Hall–Kier alpha value is -0.520. The van der Waals surface area contributed by atoms with Gasteiger partial charge in [-0.2, -0.15) is 0 Å². The molecule has 0 radical (unpaired) electrons. The predicted octanol–water partition coefficient (Wildman–Crippen LogP) is 1.59. The van der Waals surface area contributed by atoms with Crippen molar-refractivity contribution in [2.45, 2.75) is 0 Å². The highest BCUT2D eigenvalue weighted by molar-refractivity contribution is 14.0. The summed E-state index contributed by atoms with van der Waals surface area (Å²) in [5.41, 5.74) is 0. The summed E-state index contributed by atoms with van der Waals surface area (Å²) in [4.78, 5) is 6.40. The van der Waals surface area contributed by atoms with E-state index < -0.39 is 0 Å². The highest BCUT2D eigenvalue weighted by Gasteiger charge is 2.15. The molecule has 0 aliphatic carbocycles. The number of likely N-dealkylation sites (N-methyl/N-ethyl adjacent to an activating group) is 1. The van der Waals surface area contributed by atoms with Gasteiger partial charge in [0.25, 0.3) is 0 Å². The Morgan fingerprint density at radius 3 is 2.92 bits per heavy atom. The van der Waals surface area contributed by atoms with E-state index in [0.29, 0.717) is 0 Å². The largest absolute Gasteiger partial charge is 0.461 e. The van der Waals surface area contributed by atoms with Crippen molar-refractivity contribution < 1.29 is 4.42 Å². The Balaban J connectivity index is 0.000000720. The lowest BCUT2D eigenvalue weighted by Crippen LogP contribution is -2.22. The fourth-order valence-corrected chi connectivity index (χ4v) is 1.20. The molecule has 0 saturated carbocycles. The highest BCUT2D eigenvalue weighted by atomic mass is 127. The third-order valence-electron chi connectivity index (χ3n) is 1.80. The molecule has 12 heavy (non-hydrogen) atoms. The van der Waals surface area contributed by atoms with Crippen molar-refractivity contribution in [1.82, 2.24) is 4.90 Å². The van der Waals surface area contributed by atoms with Crippen LogP contribution >= 0.6 is 24.0 Å². The zero-order chi connectivity index (χ0) is 7.68. The molecule has 1 aliphatic heterocycles. The monoisotopic (exact) mass is 278 g/mol. The molecule has 0 unspecified atom stereocenters. The molecular weight excluding hydrogens is 267 g/mol. The Labute approximate surface area is 88.5 Å². The molecule has 3 nitrogen and oxygen atoms in total. The Bertz CT molecular complexity index is 269. The maximum atomic E-state index is 5.22. The van der Waals surface area contributed by atoms with Crippen molar-refractivity contribution in [3.63, 3.8) is 0 Å². The van der Waals surface area contributed by atoms with Crippen LogP contribution in [0.3, 0.4) is 0 Å². The minimum absolute atomic E-state index is 0. The van der Waals surface area contributed by atoms with Crippen LogP contribution in [-0.4, -0.2) is 30.9 Å². The third-order valence-corrected chi connectivity index (χ3v) is 1.80. The minimum Gasteiger partial charge on any atom is -0.461 e. The summed E-state index contributed by atoms with van der Waals surface area (Å²) in [7, 11) is 2.02. The zero-order valence-corrected chi connectivity index (χ0v) is 9.19. The van der Waals surface area contributed by atoms with Crippen LogP contribution in [-0.2, 0) is 0 Å². The van der Waals surface area contributed by atoms with Crippen molar-refractivity contribution in [2.75, 3.05) is 20.1 Å². The number of nitrogens with zero attached hydrogens (tertiary/aromatic N) is 2. The summed E-state index contributed by atoms with van der Waals surface area (Å²) in [5, 5.41) is 0. The van der Waals surface area contributed by atoms with Gasteiger partial charge in [-0.3, -0.25) is 4.99 Å². The summed E-state index contributed by atoms with van der Waals surface area (Å²) in [6.07, 6.45) is 1.67. The number of hydrogen-bond acceptors (Lipinski definition) is 3. The van der Waals surface area contributed by atoms with Gasteiger partial charge in [-0.15, -0.1) is 24.0 Å². The van der Waals surface area contributed by atoms with E-state index in [0.717, 1.165) is 24.7 Å². The molecule has 0 N–H and O–H groups in total. The molecule has 4 heteroatoms. The van der Waals surface area contributed by atoms with Crippen LogP contribution in [0.15, 0.2) is 27.8 Å². The van der Waals surface area contributed by atoms with Crippen LogP contribution in [0.4, 0.5) is 0 Å². The van der Waals surface area contributed by atoms with Gasteiger partial charge in [-0.1, -0.05) is 0 Å². The first kappa shape index (κ1) is 9.57. The summed E-state index contributed by atoms with van der Waals surface area (Å²) < 4.78 is 5.22. The normalized spacial score (nSPS) is 15.8. The highest BCUT2D eigenvalue weighted by Crippen LogP contribution is 2.09. The number of amidine groups is 1. The lowest BCUT2D eigenvalue weighted by Gasteiger charge is -2.10. The second kappa shape index (κ2) is 3.93. The molecule has 0 saturated heterocycles. The van der Waals surface area contributed by atoms with E-state index >= 15 is 0 Å².